The Morgan fingerprint density at radius 2 is 1.84 bits per heavy atom. The predicted octanol–water partition coefficient (Wildman–Crippen LogP) is 3.25. The summed E-state index contributed by atoms with van der Waals surface area (Å²) < 4.78 is 0. The molecule has 130 valence electrons. The van der Waals surface area contributed by atoms with Gasteiger partial charge in [0, 0.05) is 28.3 Å². The summed E-state index contributed by atoms with van der Waals surface area (Å²) in [6, 6.07) is 3.21. The Labute approximate surface area is 150 Å². The van der Waals surface area contributed by atoms with E-state index in [4.69, 9.17) is 5.11 Å². The second-order valence-corrected chi connectivity index (χ2v) is 7.88. The highest BCUT2D eigenvalue weighted by atomic mass is 32.1. The van der Waals surface area contributed by atoms with E-state index < -0.39 is 23.8 Å². The molecule has 0 fully saturated rings. The summed E-state index contributed by atoms with van der Waals surface area (Å²) in [5.41, 5.74) is 0.699. The van der Waals surface area contributed by atoms with Crippen LogP contribution in [0.2, 0.25) is 0 Å². The van der Waals surface area contributed by atoms with Crippen LogP contribution in [0.3, 0.4) is 0 Å². The summed E-state index contributed by atoms with van der Waals surface area (Å²) in [6.07, 6.45) is -0.259. The Hall–Kier alpha value is -2.32. The van der Waals surface area contributed by atoms with Crippen LogP contribution in [0.5, 0.6) is 0 Å². The van der Waals surface area contributed by atoms with Crippen LogP contribution >= 0.6 is 22.7 Å². The zero-order valence-corrected chi connectivity index (χ0v) is 14.8. The number of thiophene rings is 2. The molecule has 0 saturated heterocycles. The van der Waals surface area contributed by atoms with Gasteiger partial charge in [-0.2, -0.15) is 0 Å². The van der Waals surface area contributed by atoms with Gasteiger partial charge in [0.05, 0.1) is 15.7 Å². The monoisotopic (exact) mass is 378 g/mol. The van der Waals surface area contributed by atoms with Crippen LogP contribution in [0, 0.1) is 5.92 Å². The van der Waals surface area contributed by atoms with E-state index in [1.807, 2.05) is 0 Å². The second-order valence-electron chi connectivity index (χ2n) is 5.88. The number of fused-ring (bicyclic) bond motifs is 2. The highest BCUT2D eigenvalue weighted by Crippen LogP contribution is 2.40. The molecule has 1 aliphatic carbocycles. The van der Waals surface area contributed by atoms with Crippen molar-refractivity contribution in [2.75, 3.05) is 0 Å². The summed E-state index contributed by atoms with van der Waals surface area (Å²) in [6.45, 7) is 1.68. The average Bonchev–Trinajstić information content (AvgIpc) is 3.19. The Bertz CT molecular complexity index is 843. The molecule has 0 bridgehead atoms. The molecule has 6 nitrogen and oxygen atoms in total. The van der Waals surface area contributed by atoms with Crippen molar-refractivity contribution in [2.45, 2.75) is 25.7 Å². The maximum absolute atomic E-state index is 12.5. The molecule has 2 atom stereocenters. The van der Waals surface area contributed by atoms with Gasteiger partial charge in [-0.3, -0.25) is 19.2 Å². The first-order valence-corrected chi connectivity index (χ1v) is 9.26. The van der Waals surface area contributed by atoms with Crippen molar-refractivity contribution in [3.63, 3.8) is 0 Å². The fraction of sp³-hybridized carbons (Fsp3) is 0.294. The number of carbonyl (C=O) groups is 4. The molecule has 25 heavy (non-hydrogen) atoms. The third kappa shape index (κ3) is 3.03. The molecule has 3 rings (SSSR count). The van der Waals surface area contributed by atoms with Crippen molar-refractivity contribution in [1.82, 2.24) is 0 Å². The Morgan fingerprint density at radius 1 is 1.12 bits per heavy atom. The molecule has 0 amide bonds. The summed E-state index contributed by atoms with van der Waals surface area (Å²) in [7, 11) is 0. The number of hydrogen-bond donors (Lipinski definition) is 2. The molecule has 0 spiro atoms. The lowest BCUT2D eigenvalue weighted by molar-refractivity contribution is -0.143. The number of carboxylic acids is 2. The maximum atomic E-state index is 12.5. The fourth-order valence-electron chi connectivity index (χ4n) is 2.95. The molecule has 1 aliphatic rings. The van der Waals surface area contributed by atoms with E-state index in [9.17, 15) is 24.3 Å². The van der Waals surface area contributed by atoms with Crippen molar-refractivity contribution in [3.05, 3.63) is 43.3 Å². The smallest absolute Gasteiger partial charge is 0.307 e. The number of aliphatic carboxylic acids is 2. The number of rotatable bonds is 6. The zero-order valence-electron chi connectivity index (χ0n) is 13.1. The first-order valence-electron chi connectivity index (χ1n) is 7.56. The minimum atomic E-state index is -1.09. The average molecular weight is 378 g/mol. The first kappa shape index (κ1) is 17.5. The van der Waals surface area contributed by atoms with Crippen LogP contribution in [0.15, 0.2) is 17.5 Å². The van der Waals surface area contributed by atoms with Gasteiger partial charge in [-0.25, -0.2) is 0 Å². The maximum Gasteiger partial charge on any atom is 0.307 e. The standard InChI is InChI=1S/C17H14O6S2/c1-7(8(17(22)23)2-3-12(18)19)11-6-10-13(20)9-4-5-24-15(9)14(21)16(10)25-11/h4-8H,2-3H2,1H3,(H,18,19)(H,22,23). The molecule has 2 aromatic heterocycles. The molecule has 0 saturated carbocycles. The van der Waals surface area contributed by atoms with E-state index in [-0.39, 0.29) is 24.4 Å². The first-order chi connectivity index (χ1) is 11.8. The number of ketones is 2. The molecule has 2 unspecified atom stereocenters. The van der Waals surface area contributed by atoms with Gasteiger partial charge in [0.2, 0.25) is 5.78 Å². The molecule has 2 N–H and O–H groups in total. The molecule has 0 aromatic carbocycles. The molecule has 2 aromatic rings. The van der Waals surface area contributed by atoms with Gasteiger partial charge in [-0.15, -0.1) is 22.7 Å². The molecular formula is C17H14O6S2. The minimum absolute atomic E-state index is 0.0103. The number of carbonyl (C=O) groups excluding carboxylic acids is 2. The van der Waals surface area contributed by atoms with Crippen LogP contribution in [0.4, 0.5) is 0 Å². The Balaban J connectivity index is 1.94. The molecular weight excluding hydrogens is 364 g/mol. The van der Waals surface area contributed by atoms with E-state index in [1.165, 1.54) is 11.3 Å². The van der Waals surface area contributed by atoms with Crippen LogP contribution in [-0.2, 0) is 9.59 Å². The molecule has 0 radical (unpaired) electrons. The minimum Gasteiger partial charge on any atom is -0.481 e. The van der Waals surface area contributed by atoms with Gasteiger partial charge in [0.15, 0.2) is 5.78 Å². The van der Waals surface area contributed by atoms with Crippen molar-refractivity contribution in [1.29, 1.82) is 0 Å². The van der Waals surface area contributed by atoms with Crippen molar-refractivity contribution < 1.29 is 29.4 Å². The normalized spacial score (nSPS) is 15.4. The summed E-state index contributed by atoms with van der Waals surface area (Å²) in [5, 5.41) is 19.9. The van der Waals surface area contributed by atoms with Crippen molar-refractivity contribution in [2.24, 2.45) is 5.92 Å². The quantitative estimate of drug-likeness (QED) is 0.681. The van der Waals surface area contributed by atoms with E-state index in [0.29, 0.717) is 25.8 Å². The Morgan fingerprint density at radius 3 is 2.48 bits per heavy atom. The fourth-order valence-corrected chi connectivity index (χ4v) is 5.07. The lowest BCUT2D eigenvalue weighted by Gasteiger charge is -2.18. The Kier molecular flexibility index (Phi) is 4.57. The highest BCUT2D eigenvalue weighted by molar-refractivity contribution is 7.17. The van der Waals surface area contributed by atoms with Gasteiger partial charge in [-0.1, -0.05) is 6.92 Å². The van der Waals surface area contributed by atoms with E-state index in [1.54, 1.807) is 24.4 Å². The molecule has 0 aliphatic heterocycles. The largest absolute Gasteiger partial charge is 0.481 e. The predicted molar refractivity (Wildman–Crippen MR) is 91.9 cm³/mol. The lowest BCUT2D eigenvalue weighted by Crippen LogP contribution is -2.21. The van der Waals surface area contributed by atoms with Gasteiger partial charge in [-0.05, 0) is 23.9 Å². The second kappa shape index (κ2) is 6.53. The topological polar surface area (TPSA) is 109 Å². The summed E-state index contributed by atoms with van der Waals surface area (Å²) in [5.74, 6) is -3.96. The number of carboxylic acid groups (broad SMARTS) is 2. The summed E-state index contributed by atoms with van der Waals surface area (Å²) in [4.78, 5) is 48.7. The van der Waals surface area contributed by atoms with Crippen LogP contribution in [0.25, 0.3) is 0 Å². The van der Waals surface area contributed by atoms with Gasteiger partial charge in [0.25, 0.3) is 0 Å². The number of hydrogen-bond acceptors (Lipinski definition) is 6. The van der Waals surface area contributed by atoms with Gasteiger partial charge in [0.1, 0.15) is 0 Å². The van der Waals surface area contributed by atoms with Gasteiger partial charge < -0.3 is 10.2 Å². The summed E-state index contributed by atoms with van der Waals surface area (Å²) >= 11 is 2.35. The van der Waals surface area contributed by atoms with Crippen molar-refractivity contribution in [3.8, 4) is 0 Å². The van der Waals surface area contributed by atoms with Crippen LogP contribution in [-0.4, -0.2) is 33.7 Å². The SMILES string of the molecule is CC(c1cc2c(s1)C(=O)c1sccc1C2=O)C(CCC(=O)O)C(=O)O. The van der Waals surface area contributed by atoms with Gasteiger partial charge >= 0.3 is 11.9 Å². The van der Waals surface area contributed by atoms with Crippen molar-refractivity contribution >= 4 is 46.2 Å². The molecule has 2 heterocycles. The molecule has 8 heteroatoms. The zero-order chi connectivity index (χ0) is 18.3. The van der Waals surface area contributed by atoms with Crippen LogP contribution in [0.1, 0.15) is 61.0 Å². The van der Waals surface area contributed by atoms with E-state index >= 15 is 0 Å². The lowest BCUT2D eigenvalue weighted by atomic mass is 9.87. The van der Waals surface area contributed by atoms with E-state index in [2.05, 4.69) is 0 Å². The van der Waals surface area contributed by atoms with Crippen LogP contribution < -0.4 is 0 Å². The van der Waals surface area contributed by atoms with E-state index in [0.717, 1.165) is 11.3 Å². The third-order valence-corrected chi connectivity index (χ3v) is 6.60. The third-order valence-electron chi connectivity index (χ3n) is 4.36. The highest BCUT2D eigenvalue weighted by Gasteiger charge is 2.35.